The highest BCUT2D eigenvalue weighted by atomic mass is 16.2. The maximum absolute atomic E-state index is 12.1. The molecule has 0 aliphatic carbocycles. The van der Waals surface area contributed by atoms with Crippen LogP contribution in [0.1, 0.15) is 19.8 Å². The van der Waals surface area contributed by atoms with Crippen molar-refractivity contribution in [2.75, 3.05) is 33.7 Å². The molecule has 0 spiro atoms. The molecular weight excluding hydrogens is 206 g/mol. The molecule has 92 valence electrons. The van der Waals surface area contributed by atoms with Gasteiger partial charge in [-0.15, -0.1) is 0 Å². The largest absolute Gasteiger partial charge is 0.343 e. The number of carbonyl (C=O) groups excluding carboxylic acids is 2. The van der Waals surface area contributed by atoms with E-state index in [4.69, 9.17) is 0 Å². The Kier molecular flexibility index (Phi) is 4.73. The Hall–Kier alpha value is -1.10. The summed E-state index contributed by atoms with van der Waals surface area (Å²) >= 11 is 0. The molecule has 0 radical (unpaired) electrons. The van der Waals surface area contributed by atoms with Gasteiger partial charge in [-0.3, -0.25) is 9.59 Å². The summed E-state index contributed by atoms with van der Waals surface area (Å²) < 4.78 is 0. The zero-order valence-corrected chi connectivity index (χ0v) is 10.3. The van der Waals surface area contributed by atoms with Gasteiger partial charge in [0.1, 0.15) is 6.04 Å². The molecule has 1 fully saturated rings. The van der Waals surface area contributed by atoms with Gasteiger partial charge in [0, 0.05) is 33.6 Å². The number of nitrogens with one attached hydrogen (secondary N) is 1. The van der Waals surface area contributed by atoms with Gasteiger partial charge in [0.15, 0.2) is 0 Å². The van der Waals surface area contributed by atoms with Crippen LogP contribution in [0.25, 0.3) is 0 Å². The first-order chi connectivity index (χ1) is 7.57. The summed E-state index contributed by atoms with van der Waals surface area (Å²) in [6.45, 7) is 3.69. The lowest BCUT2D eigenvalue weighted by Crippen LogP contribution is -2.47. The van der Waals surface area contributed by atoms with E-state index in [1.165, 1.54) is 6.92 Å². The quantitative estimate of drug-likeness (QED) is 0.716. The lowest BCUT2D eigenvalue weighted by atomic mass is 10.2. The molecule has 0 saturated carbocycles. The third-order valence-corrected chi connectivity index (χ3v) is 3.02. The molecule has 1 saturated heterocycles. The van der Waals surface area contributed by atoms with Gasteiger partial charge in [0.2, 0.25) is 11.8 Å². The Balaban J connectivity index is 2.55. The second-order valence-electron chi connectivity index (χ2n) is 4.23. The normalized spacial score (nSPS) is 19.9. The van der Waals surface area contributed by atoms with Crippen LogP contribution in [0, 0.1) is 0 Å². The second-order valence-corrected chi connectivity index (χ2v) is 4.23. The van der Waals surface area contributed by atoms with Crippen LogP contribution in [0.15, 0.2) is 0 Å². The van der Waals surface area contributed by atoms with Gasteiger partial charge < -0.3 is 15.1 Å². The minimum atomic E-state index is -0.237. The molecule has 1 aliphatic rings. The molecule has 5 nitrogen and oxygen atoms in total. The Bertz CT molecular complexity index is 268. The van der Waals surface area contributed by atoms with Crippen LogP contribution in [-0.4, -0.2) is 61.4 Å². The van der Waals surface area contributed by atoms with E-state index in [0.29, 0.717) is 13.1 Å². The van der Waals surface area contributed by atoms with E-state index >= 15 is 0 Å². The van der Waals surface area contributed by atoms with Gasteiger partial charge in [-0.2, -0.15) is 0 Å². The van der Waals surface area contributed by atoms with E-state index in [9.17, 15) is 9.59 Å². The predicted octanol–water partition coefficient (Wildman–Crippen LogP) is -0.325. The SMILES string of the molecule is CNCCN(C)C(=O)C1CCCN1C(C)=O. The number of amides is 2. The van der Waals surface area contributed by atoms with Crippen LogP contribution in [0.4, 0.5) is 0 Å². The first-order valence-electron chi connectivity index (χ1n) is 5.74. The van der Waals surface area contributed by atoms with Crippen LogP contribution in [0.5, 0.6) is 0 Å². The van der Waals surface area contributed by atoms with Crippen molar-refractivity contribution in [1.82, 2.24) is 15.1 Å². The minimum Gasteiger partial charge on any atom is -0.343 e. The Morgan fingerprint density at radius 2 is 2.19 bits per heavy atom. The Labute approximate surface area is 96.8 Å². The molecule has 1 rings (SSSR count). The van der Waals surface area contributed by atoms with Crippen molar-refractivity contribution in [2.45, 2.75) is 25.8 Å². The van der Waals surface area contributed by atoms with Crippen LogP contribution in [-0.2, 0) is 9.59 Å². The molecule has 1 unspecified atom stereocenters. The fourth-order valence-corrected chi connectivity index (χ4v) is 2.04. The van der Waals surface area contributed by atoms with E-state index in [-0.39, 0.29) is 17.9 Å². The molecule has 5 heteroatoms. The molecule has 2 amide bonds. The second kappa shape index (κ2) is 5.84. The third-order valence-electron chi connectivity index (χ3n) is 3.02. The topological polar surface area (TPSA) is 52.7 Å². The number of rotatable bonds is 4. The monoisotopic (exact) mass is 227 g/mol. The smallest absolute Gasteiger partial charge is 0.245 e. The summed E-state index contributed by atoms with van der Waals surface area (Å²) in [5.41, 5.74) is 0. The van der Waals surface area contributed by atoms with Crippen molar-refractivity contribution in [3.63, 3.8) is 0 Å². The maximum Gasteiger partial charge on any atom is 0.245 e. The molecule has 0 aromatic heterocycles. The summed E-state index contributed by atoms with van der Waals surface area (Å²) in [4.78, 5) is 26.8. The molecule has 1 aliphatic heterocycles. The molecule has 1 N–H and O–H groups in total. The lowest BCUT2D eigenvalue weighted by molar-refractivity contribution is -0.141. The Morgan fingerprint density at radius 1 is 1.50 bits per heavy atom. The highest BCUT2D eigenvalue weighted by Gasteiger charge is 2.33. The van der Waals surface area contributed by atoms with Crippen molar-refractivity contribution in [1.29, 1.82) is 0 Å². The summed E-state index contributed by atoms with van der Waals surface area (Å²) in [5.74, 6) is 0.0563. The van der Waals surface area contributed by atoms with E-state index in [2.05, 4.69) is 5.32 Å². The van der Waals surface area contributed by atoms with Crippen molar-refractivity contribution in [3.8, 4) is 0 Å². The standard InChI is InChI=1S/C11H21N3O2/c1-9(15)14-7-4-5-10(14)11(16)13(3)8-6-12-2/h10,12H,4-8H2,1-3H3. The average molecular weight is 227 g/mol. The lowest BCUT2D eigenvalue weighted by Gasteiger charge is -2.27. The van der Waals surface area contributed by atoms with Crippen LogP contribution >= 0.6 is 0 Å². The first-order valence-corrected chi connectivity index (χ1v) is 5.74. The van der Waals surface area contributed by atoms with E-state index in [0.717, 1.165) is 19.4 Å². The van der Waals surface area contributed by atoms with Crippen LogP contribution in [0.3, 0.4) is 0 Å². The minimum absolute atomic E-state index is 0.00198. The molecular formula is C11H21N3O2. The molecule has 1 atom stereocenters. The number of likely N-dealkylation sites (tertiary alicyclic amines) is 1. The van der Waals surface area contributed by atoms with Crippen LogP contribution in [0.2, 0.25) is 0 Å². The van der Waals surface area contributed by atoms with E-state index < -0.39 is 0 Å². The van der Waals surface area contributed by atoms with Gasteiger partial charge in [-0.1, -0.05) is 0 Å². The molecule has 0 aromatic rings. The van der Waals surface area contributed by atoms with Gasteiger partial charge >= 0.3 is 0 Å². The number of hydrogen-bond acceptors (Lipinski definition) is 3. The third kappa shape index (κ3) is 2.95. The van der Waals surface area contributed by atoms with Gasteiger partial charge in [0.05, 0.1) is 0 Å². The fourth-order valence-electron chi connectivity index (χ4n) is 2.04. The first kappa shape index (κ1) is 13.0. The van der Waals surface area contributed by atoms with Crippen molar-refractivity contribution in [3.05, 3.63) is 0 Å². The summed E-state index contributed by atoms with van der Waals surface area (Å²) in [5, 5.41) is 3.00. The predicted molar refractivity (Wildman–Crippen MR) is 62.0 cm³/mol. The highest BCUT2D eigenvalue weighted by Crippen LogP contribution is 2.18. The number of nitrogens with zero attached hydrogens (tertiary/aromatic N) is 2. The maximum atomic E-state index is 12.1. The summed E-state index contributed by atoms with van der Waals surface area (Å²) in [6, 6.07) is -0.237. The average Bonchev–Trinajstić information content (AvgIpc) is 2.73. The van der Waals surface area contributed by atoms with E-state index in [1.807, 2.05) is 7.05 Å². The van der Waals surface area contributed by atoms with Crippen molar-refractivity contribution < 1.29 is 9.59 Å². The molecule has 0 aromatic carbocycles. The summed E-state index contributed by atoms with van der Waals surface area (Å²) in [6.07, 6.45) is 1.72. The number of carbonyl (C=O) groups is 2. The molecule has 0 bridgehead atoms. The van der Waals surface area contributed by atoms with Crippen LogP contribution < -0.4 is 5.32 Å². The van der Waals surface area contributed by atoms with Crippen molar-refractivity contribution >= 4 is 11.8 Å². The Morgan fingerprint density at radius 3 is 2.75 bits per heavy atom. The summed E-state index contributed by atoms with van der Waals surface area (Å²) in [7, 11) is 3.64. The zero-order chi connectivity index (χ0) is 12.1. The fraction of sp³-hybridized carbons (Fsp3) is 0.818. The van der Waals surface area contributed by atoms with E-state index in [1.54, 1.807) is 16.8 Å². The van der Waals surface area contributed by atoms with Gasteiger partial charge in [0.25, 0.3) is 0 Å². The molecule has 16 heavy (non-hydrogen) atoms. The zero-order valence-electron chi connectivity index (χ0n) is 10.3. The molecule has 1 heterocycles. The van der Waals surface area contributed by atoms with Gasteiger partial charge in [-0.25, -0.2) is 0 Å². The van der Waals surface area contributed by atoms with Gasteiger partial charge in [-0.05, 0) is 19.9 Å². The van der Waals surface area contributed by atoms with Crippen molar-refractivity contribution in [2.24, 2.45) is 0 Å². The number of likely N-dealkylation sites (N-methyl/N-ethyl adjacent to an activating group) is 2. The highest BCUT2D eigenvalue weighted by molar-refractivity contribution is 5.87. The number of hydrogen-bond donors (Lipinski definition) is 1.